The molecule has 0 radical (unpaired) electrons. The third-order valence-electron chi connectivity index (χ3n) is 9.12. The van der Waals surface area contributed by atoms with Gasteiger partial charge >= 0.3 is 0 Å². The number of fused-ring (bicyclic) bond motifs is 6. The molecule has 0 bridgehead atoms. The van der Waals surface area contributed by atoms with Crippen molar-refractivity contribution < 1.29 is 0 Å². The number of para-hydroxylation sites is 3. The molecule has 0 amide bonds. The van der Waals surface area contributed by atoms with Gasteiger partial charge < -0.3 is 9.47 Å². The first-order chi connectivity index (χ1) is 24.7. The van der Waals surface area contributed by atoms with Crippen molar-refractivity contribution in [1.82, 2.24) is 4.57 Å². The number of rotatable bonds is 6. The Labute approximate surface area is 297 Å². The number of aromatic nitrogens is 1. The molecule has 0 aliphatic heterocycles. The van der Waals surface area contributed by atoms with E-state index in [1.165, 1.54) is 64.5 Å². The van der Waals surface area contributed by atoms with Crippen molar-refractivity contribution in [2.75, 3.05) is 4.90 Å². The molecule has 0 unspecified atom stereocenters. The summed E-state index contributed by atoms with van der Waals surface area (Å²) in [6.45, 7) is 5.42. The van der Waals surface area contributed by atoms with E-state index in [1.54, 1.807) is 6.08 Å². The molecule has 0 fully saturated rings. The zero-order valence-electron chi connectivity index (χ0n) is 27.9. The van der Waals surface area contributed by atoms with E-state index in [-0.39, 0.29) is 0 Å². The number of nitrogens with zero attached hydrogens (tertiary/aromatic N) is 2. The summed E-state index contributed by atoms with van der Waals surface area (Å²) in [7, 11) is 0. The molecule has 3 heteroatoms. The maximum atomic E-state index is 3.46. The van der Waals surface area contributed by atoms with Crippen LogP contribution in [-0.4, -0.2) is 4.57 Å². The van der Waals surface area contributed by atoms with Crippen LogP contribution in [0.1, 0.15) is 6.92 Å². The summed E-state index contributed by atoms with van der Waals surface area (Å²) >= 11 is 1.87. The topological polar surface area (TPSA) is 8.17 Å². The lowest BCUT2D eigenvalue weighted by Gasteiger charge is -2.26. The quantitative estimate of drug-likeness (QED) is 0.161. The van der Waals surface area contributed by atoms with E-state index >= 15 is 0 Å². The first kappa shape index (κ1) is 31.1. The molecule has 0 atom stereocenters. The lowest BCUT2D eigenvalue weighted by atomic mass is 10.0. The van der Waals surface area contributed by atoms with Crippen LogP contribution in [0, 0.1) is 0 Å². The minimum absolute atomic E-state index is 1.14. The van der Waals surface area contributed by atoms with Gasteiger partial charge in [0.15, 0.2) is 0 Å². The molecule has 240 valence electrons. The molecule has 9 rings (SSSR count). The Kier molecular flexibility index (Phi) is 8.56. The molecule has 0 spiro atoms. The van der Waals surface area contributed by atoms with E-state index in [4.69, 9.17) is 0 Å². The highest BCUT2D eigenvalue weighted by Crippen LogP contribution is 2.45. The van der Waals surface area contributed by atoms with E-state index in [0.29, 0.717) is 0 Å². The molecule has 0 N–H and O–H groups in total. The monoisotopic (exact) mass is 660 g/mol. The van der Waals surface area contributed by atoms with Crippen LogP contribution in [-0.2, 0) is 0 Å². The molecule has 2 heterocycles. The van der Waals surface area contributed by atoms with E-state index in [0.717, 1.165) is 11.4 Å². The van der Waals surface area contributed by atoms with Gasteiger partial charge in [-0.25, -0.2) is 0 Å². The van der Waals surface area contributed by atoms with Crippen molar-refractivity contribution in [3.63, 3.8) is 0 Å². The standard InChI is InChI=1S/C42H28N2S.C5H8/c1-3-12-29(13-4-1)30-22-24-32(25-23-30)43(31-14-5-2-6-15-31)40-21-11-18-37-36-27-26-33(28-41(36)45-42(37)40)44-38-19-9-7-16-34(38)35-17-8-10-20-39(35)44;1-3-5-4-2/h1-28H;3-5H,1H2,2H3/b;5-4-. The lowest BCUT2D eigenvalue weighted by molar-refractivity contribution is 1.19. The van der Waals surface area contributed by atoms with Gasteiger partial charge in [-0.15, -0.1) is 11.3 Å². The van der Waals surface area contributed by atoms with Gasteiger partial charge in [-0.05, 0) is 72.6 Å². The van der Waals surface area contributed by atoms with Crippen LogP contribution < -0.4 is 4.90 Å². The predicted molar refractivity (Wildman–Crippen MR) is 219 cm³/mol. The molecule has 2 aromatic heterocycles. The van der Waals surface area contributed by atoms with Gasteiger partial charge in [-0.3, -0.25) is 0 Å². The fraction of sp³-hybridized carbons (Fsp3) is 0.0213. The summed E-state index contributed by atoms with van der Waals surface area (Å²) in [5.74, 6) is 0. The van der Waals surface area contributed by atoms with Crippen LogP contribution >= 0.6 is 11.3 Å². The normalized spacial score (nSPS) is 11.3. The average molecular weight is 661 g/mol. The molecule has 0 aliphatic rings. The van der Waals surface area contributed by atoms with Crippen LogP contribution in [0.5, 0.6) is 0 Å². The number of hydrogen-bond acceptors (Lipinski definition) is 2. The molecule has 2 nitrogen and oxygen atoms in total. The smallest absolute Gasteiger partial charge is 0.0640 e. The summed E-state index contributed by atoms with van der Waals surface area (Å²) in [5, 5.41) is 5.13. The largest absolute Gasteiger partial charge is 0.309 e. The van der Waals surface area contributed by atoms with E-state index in [2.05, 4.69) is 186 Å². The molecular weight excluding hydrogens is 625 g/mol. The highest BCUT2D eigenvalue weighted by molar-refractivity contribution is 7.26. The van der Waals surface area contributed by atoms with Gasteiger partial charge in [0.1, 0.15) is 0 Å². The van der Waals surface area contributed by atoms with Crippen molar-refractivity contribution in [3.8, 4) is 16.8 Å². The third-order valence-corrected chi connectivity index (χ3v) is 10.3. The Hall–Kier alpha value is -6.16. The van der Waals surface area contributed by atoms with Crippen molar-refractivity contribution in [2.45, 2.75) is 6.92 Å². The Morgan fingerprint density at radius 2 is 1.12 bits per heavy atom. The third kappa shape index (κ3) is 5.68. The molecule has 0 aliphatic carbocycles. The summed E-state index contributed by atoms with van der Waals surface area (Å²) in [6.07, 6.45) is 5.58. The van der Waals surface area contributed by atoms with Crippen molar-refractivity contribution in [3.05, 3.63) is 195 Å². The molecule has 7 aromatic carbocycles. The summed E-state index contributed by atoms with van der Waals surface area (Å²) in [4.78, 5) is 2.39. The number of anilines is 3. The highest BCUT2D eigenvalue weighted by Gasteiger charge is 2.19. The van der Waals surface area contributed by atoms with Crippen molar-refractivity contribution in [2.24, 2.45) is 0 Å². The predicted octanol–water partition coefficient (Wildman–Crippen LogP) is 14.0. The number of benzene rings is 7. The van der Waals surface area contributed by atoms with Gasteiger partial charge in [-0.2, -0.15) is 0 Å². The summed E-state index contributed by atoms with van der Waals surface area (Å²) < 4.78 is 4.96. The summed E-state index contributed by atoms with van der Waals surface area (Å²) in [6, 6.07) is 61.3. The number of allylic oxidation sites excluding steroid dienone is 3. The molecule has 9 aromatic rings. The molecule has 0 saturated heterocycles. The van der Waals surface area contributed by atoms with Crippen LogP contribution in [0.15, 0.2) is 195 Å². The van der Waals surface area contributed by atoms with Crippen LogP contribution in [0.25, 0.3) is 58.8 Å². The lowest BCUT2D eigenvalue weighted by Crippen LogP contribution is -2.09. The van der Waals surface area contributed by atoms with E-state index in [9.17, 15) is 0 Å². The van der Waals surface area contributed by atoms with Crippen LogP contribution in [0.3, 0.4) is 0 Å². The highest BCUT2D eigenvalue weighted by atomic mass is 32.1. The van der Waals surface area contributed by atoms with Gasteiger partial charge in [0.25, 0.3) is 0 Å². The van der Waals surface area contributed by atoms with Crippen molar-refractivity contribution >= 4 is 70.4 Å². The van der Waals surface area contributed by atoms with Crippen molar-refractivity contribution in [1.29, 1.82) is 0 Å². The number of hydrogen-bond donors (Lipinski definition) is 0. The molecular formula is C47H36N2S. The SMILES string of the molecule is C=C/C=C\C.c1ccc(-c2ccc(N(c3ccccc3)c3cccc4c3sc3cc(-n5c6ccccc6c6ccccc65)ccc34)cc2)cc1. The van der Waals surface area contributed by atoms with Gasteiger partial charge in [0.2, 0.25) is 0 Å². The zero-order valence-corrected chi connectivity index (χ0v) is 28.7. The Bertz CT molecular complexity index is 2560. The van der Waals surface area contributed by atoms with Gasteiger partial charge in [0.05, 0.1) is 21.4 Å². The Morgan fingerprint density at radius 3 is 1.76 bits per heavy atom. The Balaban J connectivity index is 0.000000677. The van der Waals surface area contributed by atoms with Crippen LogP contribution in [0.2, 0.25) is 0 Å². The van der Waals surface area contributed by atoms with Gasteiger partial charge in [0, 0.05) is 43.3 Å². The maximum absolute atomic E-state index is 3.46. The van der Waals surface area contributed by atoms with E-state index in [1.807, 2.05) is 30.4 Å². The second kappa shape index (κ2) is 13.8. The first-order valence-electron chi connectivity index (χ1n) is 16.9. The Morgan fingerprint density at radius 1 is 0.540 bits per heavy atom. The van der Waals surface area contributed by atoms with Crippen LogP contribution in [0.4, 0.5) is 17.1 Å². The van der Waals surface area contributed by atoms with Gasteiger partial charge in [-0.1, -0.05) is 140 Å². The fourth-order valence-corrected chi connectivity index (χ4v) is 8.10. The minimum atomic E-state index is 1.14. The molecule has 0 saturated carbocycles. The maximum Gasteiger partial charge on any atom is 0.0640 e. The zero-order chi connectivity index (χ0) is 33.9. The minimum Gasteiger partial charge on any atom is -0.309 e. The number of thiophene rings is 1. The second-order valence-corrected chi connectivity index (χ2v) is 13.2. The average Bonchev–Trinajstić information content (AvgIpc) is 3.73. The first-order valence-corrected chi connectivity index (χ1v) is 17.7. The second-order valence-electron chi connectivity index (χ2n) is 12.2. The fourth-order valence-electron chi connectivity index (χ4n) is 6.86. The molecule has 50 heavy (non-hydrogen) atoms. The summed E-state index contributed by atoms with van der Waals surface area (Å²) in [5.41, 5.74) is 9.54. The van der Waals surface area contributed by atoms with E-state index < -0.39 is 0 Å².